The van der Waals surface area contributed by atoms with Gasteiger partial charge in [-0.05, 0) is 32.6 Å². The average Bonchev–Trinajstić information content (AvgIpc) is 3.09. The summed E-state index contributed by atoms with van der Waals surface area (Å²) >= 11 is 0. The van der Waals surface area contributed by atoms with Gasteiger partial charge < -0.3 is 9.32 Å². The minimum absolute atomic E-state index is 0.0377. The number of oxazole rings is 1. The van der Waals surface area contributed by atoms with Crippen LogP contribution in [-0.2, 0) is 16.0 Å². The van der Waals surface area contributed by atoms with Crippen molar-refractivity contribution in [2.75, 3.05) is 6.54 Å². The van der Waals surface area contributed by atoms with Crippen molar-refractivity contribution in [2.45, 2.75) is 77.2 Å². The highest BCUT2D eigenvalue weighted by molar-refractivity contribution is 5.84. The van der Waals surface area contributed by atoms with Gasteiger partial charge >= 0.3 is 0 Å². The first-order valence-electron chi connectivity index (χ1n) is 11.5. The molecule has 1 aromatic heterocycles. The third-order valence-electron chi connectivity index (χ3n) is 6.63. The number of aromatic nitrogens is 1. The zero-order chi connectivity index (χ0) is 20.9. The number of hydrogen-bond acceptors (Lipinski definition) is 4. The number of aryl methyl sites for hydroxylation is 2. The lowest BCUT2D eigenvalue weighted by Crippen LogP contribution is -2.47. The van der Waals surface area contributed by atoms with Gasteiger partial charge in [0, 0.05) is 43.3 Å². The fourth-order valence-electron chi connectivity index (χ4n) is 4.91. The molecule has 2 aliphatic rings. The third-order valence-corrected chi connectivity index (χ3v) is 6.63. The number of nitrogens with zero attached hydrogens (tertiary/aromatic N) is 2. The highest BCUT2D eigenvalue weighted by Crippen LogP contribution is 2.32. The van der Waals surface area contributed by atoms with E-state index in [4.69, 9.17) is 4.42 Å². The number of carbonyl (C=O) groups excluding carboxylic acids is 2. The van der Waals surface area contributed by atoms with E-state index in [9.17, 15) is 9.59 Å². The third kappa shape index (κ3) is 4.82. The van der Waals surface area contributed by atoms with Crippen LogP contribution in [0.5, 0.6) is 0 Å². The Hall–Kier alpha value is -2.43. The topological polar surface area (TPSA) is 63.4 Å². The maximum atomic E-state index is 13.1. The van der Waals surface area contributed by atoms with E-state index in [1.54, 1.807) is 6.20 Å². The zero-order valence-electron chi connectivity index (χ0n) is 17.9. The summed E-state index contributed by atoms with van der Waals surface area (Å²) in [5.74, 6) is 1.87. The first kappa shape index (κ1) is 20.8. The fourth-order valence-corrected chi connectivity index (χ4v) is 4.91. The van der Waals surface area contributed by atoms with E-state index in [2.05, 4.69) is 11.9 Å². The minimum Gasteiger partial charge on any atom is -0.441 e. The molecule has 1 aliphatic carbocycles. The Balaban J connectivity index is 1.40. The molecule has 4 rings (SSSR count). The predicted octanol–water partition coefficient (Wildman–Crippen LogP) is 5.11. The van der Waals surface area contributed by atoms with Gasteiger partial charge in [-0.2, -0.15) is 0 Å². The number of hydrogen-bond donors (Lipinski definition) is 0. The first-order chi connectivity index (χ1) is 14.6. The van der Waals surface area contributed by atoms with E-state index in [0.29, 0.717) is 30.9 Å². The molecule has 30 heavy (non-hydrogen) atoms. The lowest BCUT2D eigenvalue weighted by atomic mass is 9.80. The summed E-state index contributed by atoms with van der Waals surface area (Å²) in [6, 6.07) is 8.22. The Bertz CT molecular complexity index is 871. The quantitative estimate of drug-likeness (QED) is 0.689. The second kappa shape index (κ2) is 9.59. The number of benzene rings is 1. The van der Waals surface area contributed by atoms with Crippen molar-refractivity contribution in [3.05, 3.63) is 41.9 Å². The molecule has 0 radical (unpaired) electrons. The van der Waals surface area contributed by atoms with Gasteiger partial charge in [-0.3, -0.25) is 9.59 Å². The van der Waals surface area contributed by atoms with Gasteiger partial charge in [0.05, 0.1) is 6.20 Å². The summed E-state index contributed by atoms with van der Waals surface area (Å²) in [4.78, 5) is 32.1. The summed E-state index contributed by atoms with van der Waals surface area (Å²) in [6.07, 6.45) is 10.6. The van der Waals surface area contributed by atoms with Gasteiger partial charge in [-0.15, -0.1) is 0 Å². The standard InChI is InChI=1S/C25H32N2O3/c1-18-10-12-19(13-11-18)23-17-26-24(30-23)14-15-25(29)27-16-6-2-3-8-21(27)20-7-4-5-9-22(20)28/h10-13,17,20-21H,2-9,14-16H2,1H3/t20-,21+/m0/s1. The van der Waals surface area contributed by atoms with Crippen molar-refractivity contribution >= 4 is 11.7 Å². The van der Waals surface area contributed by atoms with Crippen molar-refractivity contribution in [2.24, 2.45) is 5.92 Å². The first-order valence-corrected chi connectivity index (χ1v) is 11.5. The van der Waals surface area contributed by atoms with Gasteiger partial charge in [0.2, 0.25) is 5.91 Å². The summed E-state index contributed by atoms with van der Waals surface area (Å²) in [5.41, 5.74) is 2.20. The molecule has 5 nitrogen and oxygen atoms in total. The van der Waals surface area contributed by atoms with E-state index < -0.39 is 0 Å². The molecule has 2 aromatic rings. The smallest absolute Gasteiger partial charge is 0.223 e. The molecule has 1 saturated carbocycles. The van der Waals surface area contributed by atoms with Crippen LogP contribution in [0.2, 0.25) is 0 Å². The maximum Gasteiger partial charge on any atom is 0.223 e. The van der Waals surface area contributed by atoms with E-state index in [1.807, 2.05) is 29.2 Å². The molecule has 2 heterocycles. The molecule has 0 bridgehead atoms. The highest BCUT2D eigenvalue weighted by atomic mass is 16.4. The molecular formula is C25H32N2O3. The average molecular weight is 409 g/mol. The molecule has 0 N–H and O–H groups in total. The molecule has 160 valence electrons. The number of amides is 1. The maximum absolute atomic E-state index is 13.1. The highest BCUT2D eigenvalue weighted by Gasteiger charge is 2.36. The van der Waals surface area contributed by atoms with Crippen molar-refractivity contribution in [3.8, 4) is 11.3 Å². The molecule has 1 saturated heterocycles. The zero-order valence-corrected chi connectivity index (χ0v) is 17.9. The molecule has 1 aliphatic heterocycles. The molecular weight excluding hydrogens is 376 g/mol. The van der Waals surface area contributed by atoms with E-state index in [0.717, 1.165) is 62.8 Å². The minimum atomic E-state index is 0.0377. The van der Waals surface area contributed by atoms with Gasteiger partial charge in [0.15, 0.2) is 11.7 Å². The van der Waals surface area contributed by atoms with Gasteiger partial charge in [0.1, 0.15) is 5.78 Å². The van der Waals surface area contributed by atoms with Crippen molar-refractivity contribution in [1.29, 1.82) is 0 Å². The fraction of sp³-hybridized carbons (Fsp3) is 0.560. The Kier molecular flexibility index (Phi) is 6.66. The molecule has 1 amide bonds. The van der Waals surface area contributed by atoms with E-state index >= 15 is 0 Å². The summed E-state index contributed by atoms with van der Waals surface area (Å²) < 4.78 is 5.90. The Morgan fingerprint density at radius 2 is 1.90 bits per heavy atom. The Labute approximate surface area is 178 Å². The predicted molar refractivity (Wildman–Crippen MR) is 116 cm³/mol. The SMILES string of the molecule is Cc1ccc(-c2cnc(CCC(=O)N3CCCCC[C@@H]3[C@@H]3CCCCC3=O)o2)cc1. The summed E-state index contributed by atoms with van der Waals surface area (Å²) in [5, 5.41) is 0. The van der Waals surface area contributed by atoms with Crippen molar-refractivity contribution in [3.63, 3.8) is 0 Å². The monoisotopic (exact) mass is 408 g/mol. The van der Waals surface area contributed by atoms with Gasteiger partial charge in [-0.25, -0.2) is 4.98 Å². The van der Waals surface area contributed by atoms with E-state index in [1.165, 1.54) is 5.56 Å². The number of ketones is 1. The second-order valence-electron chi connectivity index (χ2n) is 8.81. The lowest BCUT2D eigenvalue weighted by molar-refractivity contribution is -0.137. The Morgan fingerprint density at radius 3 is 2.70 bits per heavy atom. The Morgan fingerprint density at radius 1 is 1.10 bits per heavy atom. The van der Waals surface area contributed by atoms with Crippen LogP contribution in [0.4, 0.5) is 0 Å². The molecule has 1 aromatic carbocycles. The van der Waals surface area contributed by atoms with Crippen LogP contribution in [0.25, 0.3) is 11.3 Å². The summed E-state index contributed by atoms with van der Waals surface area (Å²) in [7, 11) is 0. The normalized spacial score (nSPS) is 22.7. The van der Waals surface area contributed by atoms with Gasteiger partial charge in [0.25, 0.3) is 0 Å². The van der Waals surface area contributed by atoms with Crippen molar-refractivity contribution < 1.29 is 14.0 Å². The molecule has 5 heteroatoms. The van der Waals surface area contributed by atoms with Crippen LogP contribution >= 0.6 is 0 Å². The summed E-state index contributed by atoms with van der Waals surface area (Å²) in [6.45, 7) is 2.83. The molecule has 0 unspecified atom stereocenters. The number of carbonyl (C=O) groups is 2. The van der Waals surface area contributed by atoms with Crippen LogP contribution in [-0.4, -0.2) is 34.2 Å². The van der Waals surface area contributed by atoms with Crippen LogP contribution < -0.4 is 0 Å². The van der Waals surface area contributed by atoms with Gasteiger partial charge in [-0.1, -0.05) is 49.1 Å². The van der Waals surface area contributed by atoms with Crippen LogP contribution in [0, 0.1) is 12.8 Å². The molecule has 2 atom stereocenters. The largest absolute Gasteiger partial charge is 0.441 e. The van der Waals surface area contributed by atoms with Crippen LogP contribution in [0.15, 0.2) is 34.9 Å². The van der Waals surface area contributed by atoms with E-state index in [-0.39, 0.29) is 17.9 Å². The van der Waals surface area contributed by atoms with Crippen molar-refractivity contribution in [1.82, 2.24) is 9.88 Å². The van der Waals surface area contributed by atoms with Crippen LogP contribution in [0.3, 0.4) is 0 Å². The van der Waals surface area contributed by atoms with Crippen LogP contribution in [0.1, 0.15) is 69.2 Å². The molecule has 0 spiro atoms. The molecule has 2 fully saturated rings. The second-order valence-corrected chi connectivity index (χ2v) is 8.81. The number of rotatable bonds is 5. The number of Topliss-reactive ketones (excluding diaryl/α,β-unsaturated/α-hetero) is 1. The number of likely N-dealkylation sites (tertiary alicyclic amines) is 1. The lowest BCUT2D eigenvalue weighted by Gasteiger charge is -2.37.